The van der Waals surface area contributed by atoms with E-state index in [4.69, 9.17) is 10.5 Å². The van der Waals surface area contributed by atoms with E-state index < -0.39 is 0 Å². The predicted octanol–water partition coefficient (Wildman–Crippen LogP) is 1.43. The zero-order valence-electron chi connectivity index (χ0n) is 10.9. The molecular formula is C12H26N2OS. The van der Waals surface area contributed by atoms with E-state index in [0.29, 0.717) is 5.92 Å². The van der Waals surface area contributed by atoms with Crippen LogP contribution in [0.1, 0.15) is 20.3 Å². The van der Waals surface area contributed by atoms with Crippen molar-refractivity contribution in [2.45, 2.75) is 25.8 Å². The Morgan fingerprint density at radius 1 is 1.50 bits per heavy atom. The highest BCUT2D eigenvalue weighted by Crippen LogP contribution is 2.33. The van der Waals surface area contributed by atoms with Gasteiger partial charge < -0.3 is 10.5 Å². The Morgan fingerprint density at radius 3 is 2.69 bits per heavy atom. The lowest BCUT2D eigenvalue weighted by Crippen LogP contribution is -2.56. The third kappa shape index (κ3) is 3.62. The molecule has 0 bridgehead atoms. The normalized spacial score (nSPS) is 25.9. The molecule has 1 saturated heterocycles. The summed E-state index contributed by atoms with van der Waals surface area (Å²) in [5, 5.41) is 0. The molecule has 0 aromatic heterocycles. The molecular weight excluding hydrogens is 220 g/mol. The first kappa shape index (κ1) is 14.3. The second kappa shape index (κ2) is 6.84. The van der Waals surface area contributed by atoms with Gasteiger partial charge in [-0.15, -0.1) is 0 Å². The number of methoxy groups -OCH3 is 1. The number of nitrogens with two attached hydrogens (primary N) is 1. The van der Waals surface area contributed by atoms with Crippen LogP contribution in [0.3, 0.4) is 0 Å². The number of hydrogen-bond donors (Lipinski definition) is 1. The lowest BCUT2D eigenvalue weighted by Gasteiger charge is -2.41. The van der Waals surface area contributed by atoms with Gasteiger partial charge in [0.25, 0.3) is 0 Å². The topological polar surface area (TPSA) is 38.5 Å². The van der Waals surface area contributed by atoms with Crippen LogP contribution >= 0.6 is 11.8 Å². The molecule has 0 saturated carbocycles. The van der Waals surface area contributed by atoms with Crippen LogP contribution in [0.15, 0.2) is 0 Å². The van der Waals surface area contributed by atoms with Crippen molar-refractivity contribution in [2.24, 2.45) is 11.7 Å². The molecule has 1 aliphatic rings. The highest BCUT2D eigenvalue weighted by Gasteiger charge is 2.38. The standard InChI is InChI=1S/C12H26N2OS/c1-11(2)8-14(5-6-15-3)12(9-13)4-7-16-10-12/h11H,4-10,13H2,1-3H3. The lowest BCUT2D eigenvalue weighted by molar-refractivity contribution is 0.0650. The van der Waals surface area contributed by atoms with Crippen LogP contribution in [0.2, 0.25) is 0 Å². The van der Waals surface area contributed by atoms with Crippen LogP contribution in [-0.4, -0.2) is 55.3 Å². The van der Waals surface area contributed by atoms with Gasteiger partial charge in [0.1, 0.15) is 0 Å². The Hall–Kier alpha value is 0.230. The molecule has 0 amide bonds. The molecule has 1 heterocycles. The van der Waals surface area contributed by atoms with Crippen molar-refractivity contribution in [3.63, 3.8) is 0 Å². The summed E-state index contributed by atoms with van der Waals surface area (Å²) < 4.78 is 5.21. The van der Waals surface area contributed by atoms with Gasteiger partial charge in [-0.25, -0.2) is 0 Å². The molecule has 1 atom stereocenters. The van der Waals surface area contributed by atoms with Crippen molar-refractivity contribution >= 4 is 11.8 Å². The van der Waals surface area contributed by atoms with E-state index in [1.807, 2.05) is 11.8 Å². The largest absolute Gasteiger partial charge is 0.383 e. The zero-order valence-corrected chi connectivity index (χ0v) is 11.7. The second-order valence-corrected chi connectivity index (χ2v) is 6.17. The van der Waals surface area contributed by atoms with Crippen molar-refractivity contribution in [2.75, 3.05) is 44.9 Å². The van der Waals surface area contributed by atoms with E-state index in [1.54, 1.807) is 7.11 Å². The van der Waals surface area contributed by atoms with E-state index >= 15 is 0 Å². The molecule has 0 radical (unpaired) electrons. The first-order valence-electron chi connectivity index (χ1n) is 6.16. The first-order valence-corrected chi connectivity index (χ1v) is 7.32. The maximum atomic E-state index is 6.02. The monoisotopic (exact) mass is 246 g/mol. The van der Waals surface area contributed by atoms with Crippen molar-refractivity contribution in [3.8, 4) is 0 Å². The number of rotatable bonds is 7. The Balaban J connectivity index is 2.63. The average molecular weight is 246 g/mol. The quantitative estimate of drug-likeness (QED) is 0.737. The SMILES string of the molecule is COCCN(CC(C)C)C1(CN)CCSC1. The molecule has 0 aromatic carbocycles. The third-order valence-corrected chi connectivity index (χ3v) is 4.52. The van der Waals surface area contributed by atoms with Crippen LogP contribution in [-0.2, 0) is 4.74 Å². The molecule has 1 aliphatic heterocycles. The number of thioether (sulfide) groups is 1. The Bertz CT molecular complexity index is 193. The highest BCUT2D eigenvalue weighted by atomic mass is 32.2. The smallest absolute Gasteiger partial charge is 0.0589 e. The van der Waals surface area contributed by atoms with Gasteiger partial charge in [-0.2, -0.15) is 11.8 Å². The van der Waals surface area contributed by atoms with Crippen LogP contribution in [0.5, 0.6) is 0 Å². The molecule has 4 heteroatoms. The summed E-state index contributed by atoms with van der Waals surface area (Å²) >= 11 is 2.03. The molecule has 2 N–H and O–H groups in total. The first-order chi connectivity index (χ1) is 7.64. The van der Waals surface area contributed by atoms with E-state index in [2.05, 4.69) is 18.7 Å². The van der Waals surface area contributed by atoms with Crippen LogP contribution in [0.25, 0.3) is 0 Å². The maximum absolute atomic E-state index is 6.02. The van der Waals surface area contributed by atoms with E-state index in [1.165, 1.54) is 17.9 Å². The predicted molar refractivity (Wildman–Crippen MR) is 72.0 cm³/mol. The lowest BCUT2D eigenvalue weighted by atomic mass is 9.95. The van der Waals surface area contributed by atoms with Crippen molar-refractivity contribution in [1.82, 2.24) is 4.90 Å². The molecule has 1 rings (SSSR count). The maximum Gasteiger partial charge on any atom is 0.0589 e. The third-order valence-electron chi connectivity index (χ3n) is 3.28. The van der Waals surface area contributed by atoms with Gasteiger partial charge in [0.2, 0.25) is 0 Å². The van der Waals surface area contributed by atoms with Crippen LogP contribution in [0, 0.1) is 5.92 Å². The summed E-state index contributed by atoms with van der Waals surface area (Å²) in [7, 11) is 1.77. The summed E-state index contributed by atoms with van der Waals surface area (Å²) in [5.41, 5.74) is 6.25. The second-order valence-electron chi connectivity index (χ2n) is 5.06. The molecule has 1 fully saturated rings. The van der Waals surface area contributed by atoms with Gasteiger partial charge in [-0.1, -0.05) is 13.8 Å². The van der Waals surface area contributed by atoms with E-state index in [-0.39, 0.29) is 5.54 Å². The fourth-order valence-corrected chi connectivity index (χ4v) is 3.79. The highest BCUT2D eigenvalue weighted by molar-refractivity contribution is 7.99. The minimum absolute atomic E-state index is 0.230. The Kier molecular flexibility index (Phi) is 6.11. The number of nitrogens with zero attached hydrogens (tertiary/aromatic N) is 1. The molecule has 3 nitrogen and oxygen atoms in total. The van der Waals surface area contributed by atoms with Gasteiger partial charge in [0.05, 0.1) is 6.61 Å². The minimum Gasteiger partial charge on any atom is -0.383 e. The molecule has 0 aromatic rings. The number of hydrogen-bond acceptors (Lipinski definition) is 4. The molecule has 0 spiro atoms. The zero-order chi connectivity index (χ0) is 12.0. The van der Waals surface area contributed by atoms with Crippen LogP contribution in [0.4, 0.5) is 0 Å². The summed E-state index contributed by atoms with van der Waals surface area (Å²) in [4.78, 5) is 2.56. The summed E-state index contributed by atoms with van der Waals surface area (Å²) in [6.45, 7) is 8.25. The Morgan fingerprint density at radius 2 is 2.25 bits per heavy atom. The average Bonchev–Trinajstić information content (AvgIpc) is 2.73. The van der Waals surface area contributed by atoms with Crippen molar-refractivity contribution in [3.05, 3.63) is 0 Å². The molecule has 1 unspecified atom stereocenters. The van der Waals surface area contributed by atoms with Gasteiger partial charge >= 0.3 is 0 Å². The van der Waals surface area contributed by atoms with Crippen molar-refractivity contribution < 1.29 is 4.74 Å². The summed E-state index contributed by atoms with van der Waals surface area (Å²) in [6, 6.07) is 0. The van der Waals surface area contributed by atoms with Gasteiger partial charge in [0, 0.05) is 38.0 Å². The summed E-state index contributed by atoms with van der Waals surface area (Å²) in [5.74, 6) is 3.12. The van der Waals surface area contributed by atoms with Crippen molar-refractivity contribution in [1.29, 1.82) is 0 Å². The van der Waals surface area contributed by atoms with Crippen LogP contribution < -0.4 is 5.73 Å². The van der Waals surface area contributed by atoms with Gasteiger partial charge in [0.15, 0.2) is 0 Å². The molecule has 96 valence electrons. The number of ether oxygens (including phenoxy) is 1. The summed E-state index contributed by atoms with van der Waals surface area (Å²) in [6.07, 6.45) is 1.23. The Labute approximate surface area is 104 Å². The minimum atomic E-state index is 0.230. The van der Waals surface area contributed by atoms with E-state index in [9.17, 15) is 0 Å². The fraction of sp³-hybridized carbons (Fsp3) is 1.00. The van der Waals surface area contributed by atoms with E-state index in [0.717, 1.165) is 26.2 Å². The fourth-order valence-electron chi connectivity index (χ4n) is 2.30. The molecule has 0 aliphatic carbocycles. The van der Waals surface area contributed by atoms with Gasteiger partial charge in [-0.05, 0) is 18.1 Å². The van der Waals surface area contributed by atoms with Gasteiger partial charge in [-0.3, -0.25) is 4.90 Å². The molecule has 16 heavy (non-hydrogen) atoms.